The average molecular weight is 269 g/mol. The number of nitrogens with zero attached hydrogens (tertiary/aromatic N) is 1. The van der Waals surface area contributed by atoms with Crippen LogP contribution in [0.2, 0.25) is 5.02 Å². The number of anilines is 1. The molecule has 1 aliphatic rings. The highest BCUT2D eigenvalue weighted by Crippen LogP contribution is 2.17. The Morgan fingerprint density at radius 2 is 2.44 bits per heavy atom. The molecule has 1 aromatic rings. The van der Waals surface area contributed by atoms with Crippen molar-refractivity contribution in [3.8, 4) is 0 Å². The molecule has 0 spiro atoms. The second kappa shape index (κ2) is 5.22. The van der Waals surface area contributed by atoms with E-state index in [0.717, 1.165) is 6.42 Å². The van der Waals surface area contributed by atoms with Gasteiger partial charge in [0.25, 0.3) is 5.91 Å². The standard InChI is InChI=1S/C11H13ClN4O2/c12-6-3-8(10(13)18)11(14-4-6)15-5-7-1-2-9(17)16-7/h3-4,7H,1-2,5H2,(H2,13,18)(H,14,15)(H,16,17). The van der Waals surface area contributed by atoms with Crippen LogP contribution >= 0.6 is 11.6 Å². The molecule has 96 valence electrons. The summed E-state index contributed by atoms with van der Waals surface area (Å²) in [5.41, 5.74) is 5.48. The van der Waals surface area contributed by atoms with Gasteiger partial charge in [-0.15, -0.1) is 0 Å². The number of carbonyl (C=O) groups is 2. The van der Waals surface area contributed by atoms with Crippen molar-refractivity contribution < 1.29 is 9.59 Å². The van der Waals surface area contributed by atoms with Crippen LogP contribution in [0.1, 0.15) is 23.2 Å². The van der Waals surface area contributed by atoms with Crippen LogP contribution in [0.25, 0.3) is 0 Å². The van der Waals surface area contributed by atoms with E-state index in [9.17, 15) is 9.59 Å². The van der Waals surface area contributed by atoms with Gasteiger partial charge in [-0.3, -0.25) is 9.59 Å². The van der Waals surface area contributed by atoms with E-state index in [2.05, 4.69) is 15.6 Å². The van der Waals surface area contributed by atoms with E-state index >= 15 is 0 Å². The van der Waals surface area contributed by atoms with Crippen LogP contribution in [0.5, 0.6) is 0 Å². The van der Waals surface area contributed by atoms with Gasteiger partial charge in [0.2, 0.25) is 5.91 Å². The molecule has 0 radical (unpaired) electrons. The lowest BCUT2D eigenvalue weighted by atomic mass is 10.2. The van der Waals surface area contributed by atoms with Crippen molar-refractivity contribution in [2.45, 2.75) is 18.9 Å². The summed E-state index contributed by atoms with van der Waals surface area (Å²) in [4.78, 5) is 26.3. The van der Waals surface area contributed by atoms with Gasteiger partial charge in [0.1, 0.15) is 5.82 Å². The highest BCUT2D eigenvalue weighted by Gasteiger charge is 2.21. The zero-order valence-corrected chi connectivity index (χ0v) is 10.3. The van der Waals surface area contributed by atoms with Crippen molar-refractivity contribution in [3.05, 3.63) is 22.8 Å². The maximum Gasteiger partial charge on any atom is 0.252 e. The highest BCUT2D eigenvalue weighted by atomic mass is 35.5. The lowest BCUT2D eigenvalue weighted by Crippen LogP contribution is -2.32. The third-order valence-electron chi connectivity index (χ3n) is 2.72. The molecule has 0 bridgehead atoms. The van der Waals surface area contributed by atoms with Gasteiger partial charge in [0.15, 0.2) is 0 Å². The summed E-state index contributed by atoms with van der Waals surface area (Å²) in [6, 6.07) is 1.52. The first kappa shape index (κ1) is 12.6. The number of aromatic nitrogens is 1. The van der Waals surface area contributed by atoms with Gasteiger partial charge in [-0.25, -0.2) is 4.98 Å². The van der Waals surface area contributed by atoms with Gasteiger partial charge in [-0.2, -0.15) is 0 Å². The summed E-state index contributed by atoms with van der Waals surface area (Å²) in [5.74, 6) is -0.169. The molecule has 0 saturated carbocycles. The van der Waals surface area contributed by atoms with Crippen molar-refractivity contribution in [1.82, 2.24) is 10.3 Å². The molecule has 0 aliphatic carbocycles. The summed E-state index contributed by atoms with van der Waals surface area (Å²) in [5, 5.41) is 6.16. The van der Waals surface area contributed by atoms with Crippen LogP contribution in [0.3, 0.4) is 0 Å². The number of pyridine rings is 1. The van der Waals surface area contributed by atoms with Crippen LogP contribution < -0.4 is 16.4 Å². The number of amides is 2. The molecule has 7 heteroatoms. The highest BCUT2D eigenvalue weighted by molar-refractivity contribution is 6.31. The Balaban J connectivity index is 2.04. The topological polar surface area (TPSA) is 97.1 Å². The normalized spacial score (nSPS) is 18.5. The fraction of sp³-hybridized carbons (Fsp3) is 0.364. The number of nitrogens with one attached hydrogen (secondary N) is 2. The Morgan fingerprint density at radius 1 is 1.67 bits per heavy atom. The molecule has 18 heavy (non-hydrogen) atoms. The van der Waals surface area contributed by atoms with Gasteiger partial charge in [0, 0.05) is 25.2 Å². The van der Waals surface area contributed by atoms with Gasteiger partial charge >= 0.3 is 0 Å². The van der Waals surface area contributed by atoms with Crippen molar-refractivity contribution in [2.75, 3.05) is 11.9 Å². The lowest BCUT2D eigenvalue weighted by molar-refractivity contribution is -0.119. The quantitative estimate of drug-likeness (QED) is 0.742. The van der Waals surface area contributed by atoms with E-state index in [4.69, 9.17) is 17.3 Å². The maximum absolute atomic E-state index is 11.2. The lowest BCUT2D eigenvalue weighted by Gasteiger charge is -2.13. The number of hydrogen-bond donors (Lipinski definition) is 3. The molecule has 1 fully saturated rings. The van der Waals surface area contributed by atoms with Gasteiger partial charge in [-0.1, -0.05) is 11.6 Å². The molecule has 2 rings (SSSR count). The smallest absolute Gasteiger partial charge is 0.252 e. The minimum Gasteiger partial charge on any atom is -0.367 e. The molecule has 1 aliphatic heterocycles. The zero-order valence-electron chi connectivity index (χ0n) is 9.57. The van der Waals surface area contributed by atoms with E-state index in [1.807, 2.05) is 0 Å². The molecule has 0 aromatic carbocycles. The zero-order chi connectivity index (χ0) is 13.1. The number of carbonyl (C=O) groups excluding carboxylic acids is 2. The molecule has 1 unspecified atom stereocenters. The third kappa shape index (κ3) is 2.89. The molecule has 2 amide bonds. The van der Waals surface area contributed by atoms with Gasteiger partial charge in [-0.05, 0) is 12.5 Å². The molecule has 6 nitrogen and oxygen atoms in total. The number of primary amides is 1. The van der Waals surface area contributed by atoms with Crippen LogP contribution in [0, 0.1) is 0 Å². The third-order valence-corrected chi connectivity index (χ3v) is 2.93. The Kier molecular flexibility index (Phi) is 3.66. The SMILES string of the molecule is NC(=O)c1cc(Cl)cnc1NCC1CCC(=O)N1. The molecule has 2 heterocycles. The summed E-state index contributed by atoms with van der Waals surface area (Å²) < 4.78 is 0. The molecule has 1 atom stereocenters. The number of nitrogens with two attached hydrogens (primary N) is 1. The monoisotopic (exact) mass is 268 g/mol. The average Bonchev–Trinajstić information content (AvgIpc) is 2.73. The molecular weight excluding hydrogens is 256 g/mol. The van der Waals surface area contributed by atoms with Crippen LogP contribution in [0.4, 0.5) is 5.82 Å². The first-order valence-electron chi connectivity index (χ1n) is 5.55. The Bertz CT molecular complexity index is 492. The van der Waals surface area contributed by atoms with Crippen LogP contribution in [-0.4, -0.2) is 29.4 Å². The number of halogens is 1. The largest absolute Gasteiger partial charge is 0.367 e. The molecular formula is C11H13ClN4O2. The number of rotatable bonds is 4. The van der Waals surface area contributed by atoms with E-state index < -0.39 is 5.91 Å². The Hall–Kier alpha value is -1.82. The molecule has 4 N–H and O–H groups in total. The van der Waals surface area contributed by atoms with Crippen molar-refractivity contribution in [3.63, 3.8) is 0 Å². The van der Waals surface area contributed by atoms with Crippen LogP contribution in [-0.2, 0) is 4.79 Å². The fourth-order valence-corrected chi connectivity index (χ4v) is 1.98. The van der Waals surface area contributed by atoms with Crippen molar-refractivity contribution >= 4 is 29.2 Å². The first-order valence-corrected chi connectivity index (χ1v) is 5.92. The minimum atomic E-state index is -0.594. The van der Waals surface area contributed by atoms with Gasteiger partial charge < -0.3 is 16.4 Å². The van der Waals surface area contributed by atoms with E-state index in [1.165, 1.54) is 12.3 Å². The predicted octanol–water partition coefficient (Wildman–Crippen LogP) is 0.524. The van der Waals surface area contributed by atoms with Gasteiger partial charge in [0.05, 0.1) is 10.6 Å². The fourth-order valence-electron chi connectivity index (χ4n) is 1.82. The summed E-state index contributed by atoms with van der Waals surface area (Å²) >= 11 is 5.75. The van der Waals surface area contributed by atoms with E-state index in [-0.39, 0.29) is 17.5 Å². The second-order valence-corrected chi connectivity index (χ2v) is 4.53. The van der Waals surface area contributed by atoms with Crippen LogP contribution in [0.15, 0.2) is 12.3 Å². The maximum atomic E-state index is 11.2. The second-order valence-electron chi connectivity index (χ2n) is 4.10. The Labute approximate surface area is 109 Å². The number of hydrogen-bond acceptors (Lipinski definition) is 4. The van der Waals surface area contributed by atoms with Crippen molar-refractivity contribution in [1.29, 1.82) is 0 Å². The predicted molar refractivity (Wildman–Crippen MR) is 67.4 cm³/mol. The Morgan fingerprint density at radius 3 is 3.06 bits per heavy atom. The van der Waals surface area contributed by atoms with E-state index in [1.54, 1.807) is 0 Å². The van der Waals surface area contributed by atoms with Crippen molar-refractivity contribution in [2.24, 2.45) is 5.73 Å². The molecule has 1 aromatic heterocycles. The first-order chi connectivity index (χ1) is 8.56. The minimum absolute atomic E-state index is 0.0426. The summed E-state index contributed by atoms with van der Waals surface area (Å²) in [6.07, 6.45) is 2.73. The molecule has 1 saturated heterocycles. The van der Waals surface area contributed by atoms with E-state index in [0.29, 0.717) is 23.8 Å². The summed E-state index contributed by atoms with van der Waals surface area (Å²) in [6.45, 7) is 0.501. The summed E-state index contributed by atoms with van der Waals surface area (Å²) in [7, 11) is 0.